The molecule has 2 atom stereocenters. The Morgan fingerprint density at radius 3 is 2.82 bits per heavy atom. The van der Waals surface area contributed by atoms with E-state index >= 15 is 0 Å². The second-order valence-corrected chi connectivity index (χ2v) is 6.28. The van der Waals surface area contributed by atoms with E-state index in [1.54, 1.807) is 19.9 Å². The molecule has 6 heteroatoms. The Bertz CT molecular complexity index is 592. The zero-order valence-electron chi connectivity index (χ0n) is 12.6. The Morgan fingerprint density at radius 1 is 1.59 bits per heavy atom. The van der Waals surface area contributed by atoms with Gasteiger partial charge in [0.05, 0.1) is 12.6 Å². The number of carbonyl (C=O) groups is 1. The van der Waals surface area contributed by atoms with E-state index in [-0.39, 0.29) is 18.4 Å². The molecule has 0 saturated heterocycles. The number of halogens is 2. The number of rotatable bonds is 6. The van der Waals surface area contributed by atoms with Crippen molar-refractivity contribution >= 4 is 17.5 Å². The first-order valence-corrected chi connectivity index (χ1v) is 7.64. The third-order valence-corrected chi connectivity index (χ3v) is 4.36. The summed E-state index contributed by atoms with van der Waals surface area (Å²) in [4.78, 5) is 12.0. The largest absolute Gasteiger partial charge is 0.337 e. The fourth-order valence-electron chi connectivity index (χ4n) is 2.49. The van der Waals surface area contributed by atoms with E-state index in [0.717, 1.165) is 12.8 Å². The van der Waals surface area contributed by atoms with E-state index in [1.165, 1.54) is 12.1 Å². The number of nitrogens with zero attached hydrogens (tertiary/aromatic N) is 1. The van der Waals surface area contributed by atoms with Gasteiger partial charge in [-0.25, -0.2) is 4.39 Å². The van der Waals surface area contributed by atoms with E-state index < -0.39 is 17.4 Å². The molecule has 0 aromatic heterocycles. The summed E-state index contributed by atoms with van der Waals surface area (Å²) in [5, 5.41) is 15.2. The van der Waals surface area contributed by atoms with Gasteiger partial charge in [-0.15, -0.1) is 0 Å². The lowest BCUT2D eigenvalue weighted by molar-refractivity contribution is -0.121. The number of hydrogen-bond acceptors (Lipinski definition) is 3. The average molecular weight is 324 g/mol. The van der Waals surface area contributed by atoms with E-state index in [1.807, 2.05) is 0 Å². The molecule has 1 aliphatic rings. The fraction of sp³-hybridized carbons (Fsp3) is 0.500. The molecule has 1 amide bonds. The lowest BCUT2D eigenvalue weighted by Crippen LogP contribution is -2.49. The van der Waals surface area contributed by atoms with Gasteiger partial charge in [-0.2, -0.15) is 5.26 Å². The minimum atomic E-state index is -0.822. The Kier molecular flexibility index (Phi) is 5.05. The molecular weight excluding hydrogens is 305 g/mol. The molecule has 0 aliphatic heterocycles. The van der Waals surface area contributed by atoms with Crippen molar-refractivity contribution in [3.8, 4) is 6.07 Å². The van der Waals surface area contributed by atoms with Crippen LogP contribution in [0.2, 0.25) is 5.02 Å². The van der Waals surface area contributed by atoms with Crippen LogP contribution in [-0.2, 0) is 4.79 Å². The van der Waals surface area contributed by atoms with Gasteiger partial charge in [0.1, 0.15) is 11.4 Å². The highest BCUT2D eigenvalue weighted by Crippen LogP contribution is 2.39. The molecule has 4 nitrogen and oxygen atoms in total. The number of hydrogen-bond donors (Lipinski definition) is 2. The summed E-state index contributed by atoms with van der Waals surface area (Å²) in [6, 6.07) is 6.24. The number of amides is 1. The van der Waals surface area contributed by atoms with Crippen LogP contribution in [0.25, 0.3) is 0 Å². The first kappa shape index (κ1) is 16.7. The summed E-state index contributed by atoms with van der Waals surface area (Å²) in [6.07, 6.45) is 1.91. The predicted molar refractivity (Wildman–Crippen MR) is 82.7 cm³/mol. The van der Waals surface area contributed by atoms with Crippen molar-refractivity contribution in [2.75, 3.05) is 6.54 Å². The van der Waals surface area contributed by atoms with Gasteiger partial charge in [-0.1, -0.05) is 17.7 Å². The Labute approximate surface area is 134 Å². The molecule has 1 fully saturated rings. The number of nitrogens with one attached hydrogen (secondary N) is 2. The summed E-state index contributed by atoms with van der Waals surface area (Å²) in [5.74, 6) is -0.470. The molecule has 1 saturated carbocycles. The van der Waals surface area contributed by atoms with Crippen LogP contribution in [0.3, 0.4) is 0 Å². The average Bonchev–Trinajstić information content (AvgIpc) is 3.30. The van der Waals surface area contributed by atoms with Gasteiger partial charge in [0.2, 0.25) is 5.91 Å². The molecule has 118 valence electrons. The van der Waals surface area contributed by atoms with Crippen LogP contribution in [0.15, 0.2) is 18.2 Å². The third-order valence-electron chi connectivity index (χ3n) is 4.03. The molecule has 1 aliphatic carbocycles. The van der Waals surface area contributed by atoms with Crippen LogP contribution >= 0.6 is 11.6 Å². The zero-order chi connectivity index (χ0) is 16.3. The van der Waals surface area contributed by atoms with Gasteiger partial charge >= 0.3 is 0 Å². The number of carbonyl (C=O) groups excluding carboxylic acids is 1. The molecule has 0 spiro atoms. The quantitative estimate of drug-likeness (QED) is 0.846. The van der Waals surface area contributed by atoms with Gasteiger partial charge in [0.15, 0.2) is 0 Å². The highest BCUT2D eigenvalue weighted by Gasteiger charge is 2.42. The summed E-state index contributed by atoms with van der Waals surface area (Å²) in [6.45, 7) is 3.47. The van der Waals surface area contributed by atoms with Crippen molar-refractivity contribution in [2.24, 2.45) is 5.92 Å². The fourth-order valence-corrected chi connectivity index (χ4v) is 2.81. The monoisotopic (exact) mass is 323 g/mol. The first-order valence-electron chi connectivity index (χ1n) is 7.27. The molecule has 22 heavy (non-hydrogen) atoms. The first-order chi connectivity index (χ1) is 10.4. The molecular formula is C16H19ClFN3O. The predicted octanol–water partition coefficient (Wildman–Crippen LogP) is 2.94. The summed E-state index contributed by atoms with van der Waals surface area (Å²) < 4.78 is 13.8. The minimum absolute atomic E-state index is 0.00415. The second-order valence-electron chi connectivity index (χ2n) is 5.87. The highest BCUT2D eigenvalue weighted by molar-refractivity contribution is 6.31. The third kappa shape index (κ3) is 3.76. The smallest absolute Gasteiger partial charge is 0.235 e. The van der Waals surface area contributed by atoms with Gasteiger partial charge in [0.25, 0.3) is 0 Å². The minimum Gasteiger partial charge on any atom is -0.337 e. The second kappa shape index (κ2) is 6.64. The number of benzene rings is 1. The maximum atomic E-state index is 13.8. The normalized spacial score (nSPS) is 18.1. The lowest BCUT2D eigenvalue weighted by atomic mass is 9.98. The molecule has 2 rings (SSSR count). The molecule has 1 aromatic carbocycles. The molecule has 2 N–H and O–H groups in total. The van der Waals surface area contributed by atoms with Crippen molar-refractivity contribution in [2.45, 2.75) is 38.3 Å². The van der Waals surface area contributed by atoms with Crippen LogP contribution in [-0.4, -0.2) is 18.0 Å². The van der Waals surface area contributed by atoms with Crippen LogP contribution < -0.4 is 10.6 Å². The maximum Gasteiger partial charge on any atom is 0.235 e. The lowest BCUT2D eigenvalue weighted by Gasteiger charge is -2.24. The zero-order valence-corrected chi connectivity index (χ0v) is 13.4. The van der Waals surface area contributed by atoms with Crippen LogP contribution in [0.4, 0.5) is 4.39 Å². The van der Waals surface area contributed by atoms with Crippen LogP contribution in [0, 0.1) is 23.1 Å². The Hall–Kier alpha value is -1.64. The van der Waals surface area contributed by atoms with E-state index in [4.69, 9.17) is 11.6 Å². The van der Waals surface area contributed by atoms with E-state index in [9.17, 15) is 14.4 Å². The van der Waals surface area contributed by atoms with Crippen molar-refractivity contribution in [3.63, 3.8) is 0 Å². The SMILES string of the molecule is CC(NCC(=O)NC(C)(C#N)C1CC1)c1c(F)cccc1Cl. The standard InChI is InChI=1S/C16H19ClFN3O/c1-10(15-12(17)4-3-5-13(15)18)20-8-14(22)21-16(2,9-19)11-6-7-11/h3-5,10-11,20H,6-8H2,1-2H3,(H,21,22). The molecule has 2 unspecified atom stereocenters. The van der Waals surface area contributed by atoms with Crippen LogP contribution in [0.5, 0.6) is 0 Å². The maximum absolute atomic E-state index is 13.8. The summed E-state index contributed by atoms with van der Waals surface area (Å²) in [7, 11) is 0. The molecule has 0 bridgehead atoms. The Balaban J connectivity index is 1.92. The van der Waals surface area contributed by atoms with Crippen molar-refractivity contribution in [1.29, 1.82) is 5.26 Å². The van der Waals surface area contributed by atoms with E-state index in [0.29, 0.717) is 10.6 Å². The van der Waals surface area contributed by atoms with Gasteiger partial charge in [0, 0.05) is 16.6 Å². The molecule has 0 radical (unpaired) electrons. The molecule has 0 heterocycles. The van der Waals surface area contributed by atoms with Crippen LogP contribution in [0.1, 0.15) is 38.3 Å². The highest BCUT2D eigenvalue weighted by atomic mass is 35.5. The van der Waals surface area contributed by atoms with Crippen molar-refractivity contribution < 1.29 is 9.18 Å². The van der Waals surface area contributed by atoms with Crippen molar-refractivity contribution in [3.05, 3.63) is 34.6 Å². The van der Waals surface area contributed by atoms with E-state index in [2.05, 4.69) is 16.7 Å². The molecule has 1 aromatic rings. The summed E-state index contributed by atoms with van der Waals surface area (Å²) >= 11 is 5.99. The Morgan fingerprint density at radius 2 is 2.27 bits per heavy atom. The van der Waals surface area contributed by atoms with Gasteiger partial charge in [-0.3, -0.25) is 4.79 Å². The number of nitriles is 1. The summed E-state index contributed by atoms with van der Waals surface area (Å²) in [5.41, 5.74) is -0.486. The topological polar surface area (TPSA) is 64.9 Å². The van der Waals surface area contributed by atoms with Gasteiger partial charge in [-0.05, 0) is 44.7 Å². The van der Waals surface area contributed by atoms with Crippen molar-refractivity contribution in [1.82, 2.24) is 10.6 Å². The van der Waals surface area contributed by atoms with Gasteiger partial charge < -0.3 is 10.6 Å².